The summed E-state index contributed by atoms with van der Waals surface area (Å²) in [6.45, 7) is 1.91. The summed E-state index contributed by atoms with van der Waals surface area (Å²) >= 11 is 1.05. The predicted octanol–water partition coefficient (Wildman–Crippen LogP) is 4.01. The van der Waals surface area contributed by atoms with Crippen LogP contribution < -0.4 is 10.1 Å². The van der Waals surface area contributed by atoms with E-state index < -0.39 is 12.1 Å². The van der Waals surface area contributed by atoms with Crippen LogP contribution in [0.4, 0.5) is 0 Å². The molecule has 0 aliphatic heterocycles. The van der Waals surface area contributed by atoms with Crippen LogP contribution in [0.5, 0.6) is 11.8 Å². The average molecular weight is 495 g/mol. The van der Waals surface area contributed by atoms with Crippen molar-refractivity contribution in [3.05, 3.63) is 77.1 Å². The van der Waals surface area contributed by atoms with Gasteiger partial charge in [0.05, 0.1) is 17.8 Å². The highest BCUT2D eigenvalue weighted by molar-refractivity contribution is 6.99. The number of carboxylic acids is 1. The third-order valence-corrected chi connectivity index (χ3v) is 6.17. The van der Waals surface area contributed by atoms with Crippen molar-refractivity contribution in [2.75, 3.05) is 6.54 Å². The number of hydrogen-bond donors (Lipinski definition) is 2. The summed E-state index contributed by atoms with van der Waals surface area (Å²) < 4.78 is 20.0. The van der Waals surface area contributed by atoms with E-state index in [2.05, 4.69) is 19.0 Å². The minimum absolute atomic E-state index is 0.129. The van der Waals surface area contributed by atoms with E-state index in [1.54, 1.807) is 18.3 Å². The number of benzene rings is 1. The van der Waals surface area contributed by atoms with E-state index in [4.69, 9.17) is 14.6 Å². The first kappa shape index (κ1) is 24.5. The van der Waals surface area contributed by atoms with Gasteiger partial charge < -0.3 is 19.9 Å². The third kappa shape index (κ3) is 6.71. The largest absolute Gasteiger partial charge is 0.479 e. The molecule has 0 fully saturated rings. The lowest BCUT2D eigenvalue weighted by Gasteiger charge is -2.24. The van der Waals surface area contributed by atoms with E-state index in [1.165, 1.54) is 6.92 Å². The van der Waals surface area contributed by atoms with Gasteiger partial charge in [-0.05, 0) is 43.9 Å². The van der Waals surface area contributed by atoms with Crippen LogP contribution in [0, 0.1) is 0 Å². The van der Waals surface area contributed by atoms with Crippen LogP contribution in [0.15, 0.2) is 60.3 Å². The fourth-order valence-electron chi connectivity index (χ4n) is 3.69. The number of nitrogens with one attached hydrogen (secondary N) is 1. The second-order valence-electron chi connectivity index (χ2n) is 8.19. The maximum atomic E-state index is 12.9. The Kier molecular flexibility index (Phi) is 8.17. The van der Waals surface area contributed by atoms with Gasteiger partial charge in [-0.15, -0.1) is 4.37 Å². The van der Waals surface area contributed by atoms with Crippen LogP contribution in [-0.4, -0.2) is 49.5 Å². The molecule has 0 radical (unpaired) electrons. The third-order valence-electron chi connectivity index (χ3n) is 5.62. The summed E-state index contributed by atoms with van der Waals surface area (Å²) in [4.78, 5) is 28.1. The van der Waals surface area contributed by atoms with E-state index >= 15 is 0 Å². The van der Waals surface area contributed by atoms with Crippen molar-refractivity contribution in [1.29, 1.82) is 0 Å². The van der Waals surface area contributed by atoms with E-state index in [0.29, 0.717) is 42.9 Å². The number of aliphatic carboxylic acids is 1. The molecule has 2 heterocycles. The molecule has 0 bridgehead atoms. The van der Waals surface area contributed by atoms with Crippen molar-refractivity contribution in [3.8, 4) is 11.8 Å². The topological polar surface area (TPSA) is 124 Å². The van der Waals surface area contributed by atoms with Gasteiger partial charge in [-0.25, -0.2) is 9.78 Å². The van der Waals surface area contributed by atoms with Gasteiger partial charge in [0.2, 0.25) is 5.88 Å². The van der Waals surface area contributed by atoms with Crippen molar-refractivity contribution < 1.29 is 24.2 Å². The number of carbonyl (C=O) groups excluding carboxylic acids is 1. The van der Waals surface area contributed by atoms with Crippen LogP contribution >= 0.6 is 11.7 Å². The number of hydrogen-bond acceptors (Lipinski definition) is 8. The molecule has 2 unspecified atom stereocenters. The highest BCUT2D eigenvalue weighted by Gasteiger charge is 2.22. The van der Waals surface area contributed by atoms with E-state index in [1.807, 2.05) is 36.4 Å². The molecule has 0 saturated heterocycles. The van der Waals surface area contributed by atoms with E-state index in [0.717, 1.165) is 29.3 Å². The Bertz CT molecular complexity index is 1200. The summed E-state index contributed by atoms with van der Waals surface area (Å²) in [7, 11) is 0. The first-order valence-corrected chi connectivity index (χ1v) is 12.0. The van der Waals surface area contributed by atoms with Gasteiger partial charge in [0, 0.05) is 19.2 Å². The number of carbonyl (C=O) groups is 2. The first-order valence-electron chi connectivity index (χ1n) is 11.3. The lowest BCUT2D eigenvalue weighted by molar-refractivity contribution is -0.153. The molecular formula is C25H26N4O5S. The normalized spacial score (nSPS) is 16.3. The Balaban J connectivity index is 1.36. The lowest BCUT2D eigenvalue weighted by atomic mass is 9.97. The molecule has 1 aliphatic rings. The Morgan fingerprint density at radius 2 is 2.00 bits per heavy atom. The van der Waals surface area contributed by atoms with Crippen LogP contribution in [0.25, 0.3) is 0 Å². The molecule has 1 aromatic carbocycles. The van der Waals surface area contributed by atoms with Crippen molar-refractivity contribution in [2.45, 2.75) is 44.8 Å². The van der Waals surface area contributed by atoms with Crippen LogP contribution in [-0.2, 0) is 16.0 Å². The van der Waals surface area contributed by atoms with Gasteiger partial charge in [0.1, 0.15) is 11.3 Å². The highest BCUT2D eigenvalue weighted by Crippen LogP contribution is 2.27. The molecule has 2 atom stereocenters. The number of amides is 1. The standard InChI is InChI=1S/C25H26N4O5S/c1-16(25(31)32)33-19-11-9-18(10-12-19)15-27-22(30)20-8-5-13-26-23(20)34-24-21(28-35-29-24)14-17-6-3-2-4-7-17/h2-9,13,16,19H,10-12,14-15H2,1H3,(H,27,30)(H,31,32). The average Bonchev–Trinajstić information content (AvgIpc) is 3.30. The molecule has 2 aromatic heterocycles. The molecule has 3 aromatic rings. The second-order valence-corrected chi connectivity index (χ2v) is 8.72. The molecule has 2 N–H and O–H groups in total. The number of nitrogens with zero attached hydrogens (tertiary/aromatic N) is 3. The maximum absolute atomic E-state index is 12.9. The summed E-state index contributed by atoms with van der Waals surface area (Å²) in [6, 6.07) is 13.2. The summed E-state index contributed by atoms with van der Waals surface area (Å²) in [5.74, 6) is -0.772. The second kappa shape index (κ2) is 11.7. The predicted molar refractivity (Wildman–Crippen MR) is 130 cm³/mol. The molecule has 1 aliphatic carbocycles. The van der Waals surface area contributed by atoms with Gasteiger partial charge in [-0.3, -0.25) is 4.79 Å². The minimum Gasteiger partial charge on any atom is -0.479 e. The monoisotopic (exact) mass is 494 g/mol. The molecule has 0 spiro atoms. The molecule has 35 heavy (non-hydrogen) atoms. The zero-order valence-corrected chi connectivity index (χ0v) is 20.0. The van der Waals surface area contributed by atoms with Crippen LogP contribution in [0.3, 0.4) is 0 Å². The Labute approximate surface area is 207 Å². The molecular weight excluding hydrogens is 468 g/mol. The van der Waals surface area contributed by atoms with Gasteiger partial charge >= 0.3 is 5.97 Å². The van der Waals surface area contributed by atoms with Gasteiger partial charge in [0.25, 0.3) is 11.8 Å². The number of ether oxygens (including phenoxy) is 2. The summed E-state index contributed by atoms with van der Waals surface area (Å²) in [5.41, 5.74) is 3.13. The van der Waals surface area contributed by atoms with Crippen molar-refractivity contribution in [1.82, 2.24) is 19.0 Å². The lowest BCUT2D eigenvalue weighted by Crippen LogP contribution is -2.30. The highest BCUT2D eigenvalue weighted by atomic mass is 32.1. The van der Waals surface area contributed by atoms with Gasteiger partial charge in [-0.1, -0.05) is 42.0 Å². The zero-order valence-electron chi connectivity index (χ0n) is 19.2. The SMILES string of the molecule is CC(OC1CC=C(CNC(=O)c2cccnc2Oc2nsnc2Cc2ccccc2)CC1)C(=O)O. The number of aromatic nitrogens is 3. The zero-order chi connectivity index (χ0) is 24.6. The molecule has 10 heteroatoms. The summed E-state index contributed by atoms with van der Waals surface area (Å²) in [5, 5.41) is 11.9. The first-order chi connectivity index (χ1) is 17.0. The van der Waals surface area contributed by atoms with Crippen molar-refractivity contribution in [3.63, 3.8) is 0 Å². The van der Waals surface area contributed by atoms with Crippen molar-refractivity contribution >= 4 is 23.6 Å². The summed E-state index contributed by atoms with van der Waals surface area (Å²) in [6.07, 6.45) is 5.21. The van der Waals surface area contributed by atoms with Gasteiger partial charge in [-0.2, -0.15) is 4.37 Å². The molecule has 182 valence electrons. The Hall–Kier alpha value is -3.63. The van der Waals surface area contributed by atoms with Crippen LogP contribution in [0.1, 0.15) is 47.8 Å². The molecule has 0 saturated carbocycles. The molecule has 1 amide bonds. The Morgan fingerprint density at radius 1 is 1.17 bits per heavy atom. The quantitative estimate of drug-likeness (QED) is 0.405. The molecule has 9 nitrogen and oxygen atoms in total. The maximum Gasteiger partial charge on any atom is 0.332 e. The van der Waals surface area contributed by atoms with Crippen molar-refractivity contribution in [2.24, 2.45) is 0 Å². The van der Waals surface area contributed by atoms with E-state index in [9.17, 15) is 9.59 Å². The number of pyridine rings is 1. The fourth-order valence-corrected chi connectivity index (χ4v) is 4.19. The smallest absolute Gasteiger partial charge is 0.332 e. The molecule has 4 rings (SSSR count). The van der Waals surface area contributed by atoms with E-state index in [-0.39, 0.29) is 17.9 Å². The number of carboxylic acid groups (broad SMARTS) is 1. The van der Waals surface area contributed by atoms with Crippen LogP contribution in [0.2, 0.25) is 0 Å². The van der Waals surface area contributed by atoms with Gasteiger partial charge in [0.15, 0.2) is 6.10 Å². The number of rotatable bonds is 10. The minimum atomic E-state index is -0.970. The fraction of sp³-hybridized carbons (Fsp3) is 0.320. The Morgan fingerprint density at radius 3 is 2.74 bits per heavy atom.